The molecular formula is C21H18N4OS3. The van der Waals surface area contributed by atoms with E-state index >= 15 is 0 Å². The Morgan fingerprint density at radius 2 is 1.97 bits per heavy atom. The third kappa shape index (κ3) is 3.35. The summed E-state index contributed by atoms with van der Waals surface area (Å²) in [7, 11) is 0. The first kappa shape index (κ1) is 18.7. The van der Waals surface area contributed by atoms with Crippen molar-refractivity contribution in [3.8, 4) is 5.13 Å². The molecule has 1 N–H and O–H groups in total. The molecule has 3 heterocycles. The summed E-state index contributed by atoms with van der Waals surface area (Å²) >= 11 is 4.94. The second-order valence-electron chi connectivity index (χ2n) is 6.74. The standard InChI is InChI=1S/C21H18N4OS3/c1-12-18-19(13-7-9-14(27-2)10-8-13)28-11-17(26)23-20(18)25(24-12)21-22-15-5-3-4-6-16(15)29-21/h3-10,19H,11H2,1-2H3,(H,23,26). The number of nitrogens with one attached hydrogen (secondary N) is 1. The monoisotopic (exact) mass is 438 g/mol. The van der Waals surface area contributed by atoms with Crippen LogP contribution in [0.5, 0.6) is 0 Å². The maximum Gasteiger partial charge on any atom is 0.235 e. The molecule has 0 aliphatic carbocycles. The summed E-state index contributed by atoms with van der Waals surface area (Å²) in [5.74, 6) is 1.13. The molecule has 5 nitrogen and oxygen atoms in total. The molecule has 1 aliphatic rings. The zero-order valence-corrected chi connectivity index (χ0v) is 18.3. The number of carbonyl (C=O) groups is 1. The number of benzene rings is 2. The SMILES string of the molecule is CSc1ccc(C2SCC(=O)Nc3c2c(C)nn3-c2nc3ccccc3s2)cc1. The molecule has 2 aromatic heterocycles. The summed E-state index contributed by atoms with van der Waals surface area (Å²) in [4.78, 5) is 18.5. The number of hydrogen-bond donors (Lipinski definition) is 1. The molecule has 146 valence electrons. The van der Waals surface area contributed by atoms with Crippen molar-refractivity contribution >= 4 is 56.8 Å². The minimum absolute atomic E-state index is 0.0123. The van der Waals surface area contributed by atoms with Crippen LogP contribution in [0.1, 0.15) is 22.1 Å². The van der Waals surface area contributed by atoms with E-state index in [0.717, 1.165) is 32.4 Å². The molecule has 29 heavy (non-hydrogen) atoms. The number of thiazole rings is 1. The summed E-state index contributed by atoms with van der Waals surface area (Å²) in [6, 6.07) is 16.6. The van der Waals surface area contributed by atoms with Gasteiger partial charge in [0, 0.05) is 10.5 Å². The Bertz CT molecular complexity index is 1180. The largest absolute Gasteiger partial charge is 0.310 e. The second kappa shape index (κ2) is 7.51. The fourth-order valence-corrected chi connectivity index (χ4v) is 6.04. The molecule has 4 aromatic rings. The Balaban J connectivity index is 1.66. The zero-order chi connectivity index (χ0) is 20.0. The number of fused-ring (bicyclic) bond motifs is 2. The fourth-order valence-electron chi connectivity index (χ4n) is 3.51. The van der Waals surface area contributed by atoms with Gasteiger partial charge in [0.25, 0.3) is 0 Å². The van der Waals surface area contributed by atoms with E-state index in [4.69, 9.17) is 10.1 Å². The molecule has 0 radical (unpaired) electrons. The number of aromatic nitrogens is 3. The Hall–Kier alpha value is -2.29. The number of amides is 1. The lowest BCUT2D eigenvalue weighted by atomic mass is 10.0. The van der Waals surface area contributed by atoms with Crippen LogP contribution in [0.15, 0.2) is 53.4 Å². The first-order chi connectivity index (χ1) is 14.1. The van der Waals surface area contributed by atoms with Gasteiger partial charge in [-0.05, 0) is 43.0 Å². The maximum absolute atomic E-state index is 12.5. The van der Waals surface area contributed by atoms with E-state index in [1.165, 1.54) is 10.5 Å². The summed E-state index contributed by atoms with van der Waals surface area (Å²) < 4.78 is 2.89. The second-order valence-corrected chi connectivity index (χ2v) is 9.72. The summed E-state index contributed by atoms with van der Waals surface area (Å²) in [6.45, 7) is 2.00. The lowest BCUT2D eigenvalue weighted by Crippen LogP contribution is -2.15. The van der Waals surface area contributed by atoms with Crippen molar-refractivity contribution in [1.82, 2.24) is 14.8 Å². The highest BCUT2D eigenvalue weighted by Crippen LogP contribution is 2.44. The Kier molecular flexibility index (Phi) is 4.85. The maximum atomic E-state index is 12.5. The molecule has 5 rings (SSSR count). The molecule has 1 aliphatic heterocycles. The Morgan fingerprint density at radius 1 is 1.17 bits per heavy atom. The molecule has 0 saturated heterocycles. The van der Waals surface area contributed by atoms with Crippen molar-refractivity contribution in [3.05, 3.63) is 65.4 Å². The van der Waals surface area contributed by atoms with Gasteiger partial charge in [0.05, 0.1) is 26.9 Å². The van der Waals surface area contributed by atoms with Crippen LogP contribution in [0.2, 0.25) is 0 Å². The number of carbonyl (C=O) groups excluding carboxylic acids is 1. The first-order valence-electron chi connectivity index (χ1n) is 9.15. The summed E-state index contributed by atoms with van der Waals surface area (Å²) in [5, 5.41) is 8.66. The number of thioether (sulfide) groups is 2. The first-order valence-corrected chi connectivity index (χ1v) is 12.2. The third-order valence-corrected chi connectivity index (χ3v) is 7.92. The van der Waals surface area contributed by atoms with Gasteiger partial charge < -0.3 is 5.32 Å². The Morgan fingerprint density at radius 3 is 2.72 bits per heavy atom. The highest BCUT2D eigenvalue weighted by molar-refractivity contribution is 8.00. The van der Waals surface area contributed by atoms with Crippen molar-refractivity contribution in [2.45, 2.75) is 17.1 Å². The molecule has 0 bridgehead atoms. The van der Waals surface area contributed by atoms with Gasteiger partial charge in [0.1, 0.15) is 5.82 Å². The van der Waals surface area contributed by atoms with Crippen molar-refractivity contribution < 1.29 is 4.79 Å². The molecule has 0 saturated carbocycles. The van der Waals surface area contributed by atoms with Gasteiger partial charge in [-0.3, -0.25) is 4.79 Å². The summed E-state index contributed by atoms with van der Waals surface area (Å²) in [6.07, 6.45) is 2.07. The zero-order valence-electron chi connectivity index (χ0n) is 15.9. The molecule has 1 atom stereocenters. The number of hydrogen-bond acceptors (Lipinski definition) is 6. The molecule has 1 amide bonds. The van der Waals surface area contributed by atoms with E-state index < -0.39 is 0 Å². The number of aryl methyl sites for hydroxylation is 1. The van der Waals surface area contributed by atoms with Gasteiger partial charge in [0.15, 0.2) is 0 Å². The average molecular weight is 439 g/mol. The minimum atomic E-state index is -0.0123. The van der Waals surface area contributed by atoms with E-state index in [2.05, 4.69) is 41.9 Å². The van der Waals surface area contributed by atoms with Crippen LogP contribution in [0.4, 0.5) is 5.82 Å². The van der Waals surface area contributed by atoms with Crippen LogP contribution in [0.3, 0.4) is 0 Å². The molecule has 8 heteroatoms. The van der Waals surface area contributed by atoms with E-state index in [9.17, 15) is 4.79 Å². The van der Waals surface area contributed by atoms with Gasteiger partial charge in [-0.25, -0.2) is 4.98 Å². The third-order valence-electron chi connectivity index (χ3n) is 4.89. The fraction of sp³-hybridized carbons (Fsp3) is 0.190. The van der Waals surface area contributed by atoms with Crippen LogP contribution >= 0.6 is 34.9 Å². The van der Waals surface area contributed by atoms with Crippen molar-refractivity contribution in [1.29, 1.82) is 0 Å². The highest BCUT2D eigenvalue weighted by Gasteiger charge is 2.31. The molecule has 1 unspecified atom stereocenters. The Labute approximate surface area is 180 Å². The van der Waals surface area contributed by atoms with E-state index in [1.54, 1.807) is 39.5 Å². The topological polar surface area (TPSA) is 59.8 Å². The van der Waals surface area contributed by atoms with Crippen molar-refractivity contribution in [3.63, 3.8) is 0 Å². The van der Waals surface area contributed by atoms with Crippen molar-refractivity contribution in [2.75, 3.05) is 17.3 Å². The average Bonchev–Trinajstić information content (AvgIpc) is 3.25. The van der Waals surface area contributed by atoms with Crippen molar-refractivity contribution in [2.24, 2.45) is 0 Å². The van der Waals surface area contributed by atoms with Crippen LogP contribution in [0, 0.1) is 6.92 Å². The van der Waals surface area contributed by atoms with Gasteiger partial charge in [-0.1, -0.05) is 35.6 Å². The lowest BCUT2D eigenvalue weighted by molar-refractivity contribution is -0.113. The number of anilines is 1. The normalized spacial score (nSPS) is 16.5. The number of rotatable bonds is 3. The molecule has 0 spiro atoms. The smallest absolute Gasteiger partial charge is 0.235 e. The molecule has 0 fully saturated rings. The number of nitrogens with zero attached hydrogens (tertiary/aromatic N) is 3. The predicted molar refractivity (Wildman–Crippen MR) is 123 cm³/mol. The molecular weight excluding hydrogens is 420 g/mol. The van der Waals surface area contributed by atoms with Crippen LogP contribution in [-0.2, 0) is 4.79 Å². The summed E-state index contributed by atoms with van der Waals surface area (Å²) in [5.41, 5.74) is 4.08. The predicted octanol–water partition coefficient (Wildman–Crippen LogP) is 5.29. The molecule has 2 aromatic carbocycles. The van der Waals surface area contributed by atoms with Crippen LogP contribution in [-0.4, -0.2) is 32.7 Å². The van der Waals surface area contributed by atoms with Crippen LogP contribution in [0.25, 0.3) is 15.3 Å². The lowest BCUT2D eigenvalue weighted by Gasteiger charge is -2.15. The van der Waals surface area contributed by atoms with Gasteiger partial charge >= 0.3 is 0 Å². The van der Waals surface area contributed by atoms with E-state index in [-0.39, 0.29) is 11.2 Å². The van der Waals surface area contributed by atoms with E-state index in [0.29, 0.717) is 5.75 Å². The van der Waals surface area contributed by atoms with Crippen LogP contribution < -0.4 is 5.32 Å². The minimum Gasteiger partial charge on any atom is -0.310 e. The van der Waals surface area contributed by atoms with E-state index in [1.807, 2.05) is 25.1 Å². The highest BCUT2D eigenvalue weighted by atomic mass is 32.2. The quantitative estimate of drug-likeness (QED) is 0.441. The van der Waals surface area contributed by atoms with Gasteiger partial charge in [-0.2, -0.15) is 9.78 Å². The van der Waals surface area contributed by atoms with Gasteiger partial charge in [-0.15, -0.1) is 23.5 Å². The number of para-hydroxylation sites is 1. The van der Waals surface area contributed by atoms with Gasteiger partial charge in [0.2, 0.25) is 11.0 Å².